The van der Waals surface area contributed by atoms with Gasteiger partial charge in [0, 0.05) is 12.2 Å². The average Bonchev–Trinajstić information content (AvgIpc) is 2.40. The summed E-state index contributed by atoms with van der Waals surface area (Å²) in [5.74, 6) is 0.987. The average molecular weight is 246 g/mol. The zero-order valence-corrected chi connectivity index (χ0v) is 10.6. The summed E-state index contributed by atoms with van der Waals surface area (Å²) in [5, 5.41) is 3.08. The molecule has 1 fully saturated rings. The Morgan fingerprint density at radius 1 is 1.39 bits per heavy atom. The highest BCUT2D eigenvalue weighted by Gasteiger charge is 2.32. The Balaban J connectivity index is 1.88. The predicted molar refractivity (Wildman–Crippen MR) is 70.7 cm³/mol. The minimum absolute atomic E-state index is 0.157. The van der Waals surface area contributed by atoms with Gasteiger partial charge < -0.3 is 15.1 Å². The molecule has 1 saturated heterocycles. The maximum absolute atomic E-state index is 12.2. The van der Waals surface area contributed by atoms with Crippen LogP contribution < -0.4 is 10.2 Å². The van der Waals surface area contributed by atoms with Crippen LogP contribution in [0.15, 0.2) is 18.3 Å². The summed E-state index contributed by atoms with van der Waals surface area (Å²) in [6.45, 7) is 2.46. The number of hydrogen-bond acceptors (Lipinski definition) is 4. The van der Waals surface area contributed by atoms with Crippen LogP contribution in [0.1, 0.15) is 12.8 Å². The number of carbonyl (C=O) groups excluding carboxylic acids is 1. The van der Waals surface area contributed by atoms with E-state index in [-0.39, 0.29) is 5.91 Å². The number of piperidine rings is 1. The molecule has 5 heteroatoms. The number of carbonyl (C=O) groups is 1. The van der Waals surface area contributed by atoms with E-state index in [0.717, 1.165) is 37.4 Å². The molecule has 0 bridgehead atoms. The van der Waals surface area contributed by atoms with Gasteiger partial charge in [-0.3, -0.25) is 4.79 Å². The summed E-state index contributed by atoms with van der Waals surface area (Å²) >= 11 is 0. The fraction of sp³-hybridized carbons (Fsp3) is 0.538. The SMILES string of the molecule is CN1CCC(N2C(=O)CNc3ncccc32)CC1. The molecule has 1 aromatic rings. The van der Waals surface area contributed by atoms with E-state index in [1.165, 1.54) is 0 Å². The third-order valence-corrected chi connectivity index (χ3v) is 3.77. The van der Waals surface area contributed by atoms with E-state index in [1.807, 2.05) is 17.0 Å². The first kappa shape index (κ1) is 11.5. The molecule has 2 aliphatic heterocycles. The van der Waals surface area contributed by atoms with Gasteiger partial charge in [0.2, 0.25) is 5.91 Å². The van der Waals surface area contributed by atoms with Gasteiger partial charge in [-0.15, -0.1) is 0 Å². The van der Waals surface area contributed by atoms with Crippen molar-refractivity contribution in [1.29, 1.82) is 0 Å². The van der Waals surface area contributed by atoms with Crippen molar-refractivity contribution < 1.29 is 4.79 Å². The van der Waals surface area contributed by atoms with Crippen molar-refractivity contribution in [3.8, 4) is 0 Å². The fourth-order valence-electron chi connectivity index (χ4n) is 2.76. The van der Waals surface area contributed by atoms with Crippen LogP contribution in [0.4, 0.5) is 11.5 Å². The van der Waals surface area contributed by atoms with Crippen LogP contribution >= 0.6 is 0 Å². The first-order valence-electron chi connectivity index (χ1n) is 6.45. The van der Waals surface area contributed by atoms with Crippen molar-refractivity contribution in [2.75, 3.05) is 36.9 Å². The third kappa shape index (κ3) is 1.95. The Labute approximate surface area is 107 Å². The van der Waals surface area contributed by atoms with Crippen molar-refractivity contribution in [1.82, 2.24) is 9.88 Å². The molecule has 2 aliphatic rings. The Kier molecular flexibility index (Phi) is 2.91. The van der Waals surface area contributed by atoms with Crippen LogP contribution in [-0.2, 0) is 4.79 Å². The largest absolute Gasteiger partial charge is 0.359 e. The van der Waals surface area contributed by atoms with E-state index in [1.54, 1.807) is 6.20 Å². The molecule has 0 aromatic carbocycles. The summed E-state index contributed by atoms with van der Waals surface area (Å²) < 4.78 is 0. The third-order valence-electron chi connectivity index (χ3n) is 3.77. The van der Waals surface area contributed by atoms with Crippen LogP contribution in [0, 0.1) is 0 Å². The fourth-order valence-corrected chi connectivity index (χ4v) is 2.76. The molecule has 0 unspecified atom stereocenters. The van der Waals surface area contributed by atoms with Gasteiger partial charge in [0.05, 0.1) is 12.2 Å². The second-order valence-corrected chi connectivity index (χ2v) is 5.02. The van der Waals surface area contributed by atoms with Crippen LogP contribution in [0.3, 0.4) is 0 Å². The number of aromatic nitrogens is 1. The number of hydrogen-bond donors (Lipinski definition) is 1. The van der Waals surface area contributed by atoms with E-state index < -0.39 is 0 Å². The summed E-state index contributed by atoms with van der Waals surface area (Å²) in [6.07, 6.45) is 3.83. The number of pyridine rings is 1. The second kappa shape index (κ2) is 4.57. The Bertz CT molecular complexity index is 454. The van der Waals surface area contributed by atoms with Crippen molar-refractivity contribution in [3.63, 3.8) is 0 Å². The van der Waals surface area contributed by atoms with Gasteiger partial charge in [-0.05, 0) is 45.1 Å². The minimum Gasteiger partial charge on any atom is -0.359 e. The minimum atomic E-state index is 0.157. The Morgan fingerprint density at radius 3 is 2.94 bits per heavy atom. The molecule has 3 rings (SSSR count). The number of nitrogens with one attached hydrogen (secondary N) is 1. The monoisotopic (exact) mass is 246 g/mol. The molecule has 0 radical (unpaired) electrons. The van der Waals surface area contributed by atoms with E-state index in [2.05, 4.69) is 22.2 Å². The molecule has 0 spiro atoms. The van der Waals surface area contributed by atoms with Gasteiger partial charge >= 0.3 is 0 Å². The lowest BCUT2D eigenvalue weighted by molar-refractivity contribution is -0.117. The van der Waals surface area contributed by atoms with Crippen molar-refractivity contribution in [2.24, 2.45) is 0 Å². The highest BCUT2D eigenvalue weighted by molar-refractivity contribution is 6.02. The Morgan fingerprint density at radius 2 is 2.17 bits per heavy atom. The second-order valence-electron chi connectivity index (χ2n) is 5.02. The summed E-state index contributed by atoms with van der Waals surface area (Å²) in [7, 11) is 2.13. The molecule has 0 aliphatic carbocycles. The van der Waals surface area contributed by atoms with E-state index in [4.69, 9.17) is 0 Å². The van der Waals surface area contributed by atoms with Gasteiger partial charge in [0.15, 0.2) is 0 Å². The molecule has 1 amide bonds. The van der Waals surface area contributed by atoms with Crippen molar-refractivity contribution in [2.45, 2.75) is 18.9 Å². The molecule has 1 aromatic heterocycles. The first-order chi connectivity index (χ1) is 8.75. The van der Waals surface area contributed by atoms with Crippen LogP contribution in [0.5, 0.6) is 0 Å². The lowest BCUT2D eigenvalue weighted by atomic mass is 10.0. The molecule has 18 heavy (non-hydrogen) atoms. The standard InChI is InChI=1S/C13H18N4O/c1-16-7-4-10(5-8-16)17-11-3-2-6-14-13(11)15-9-12(17)18/h2-3,6,10H,4-5,7-9H2,1H3,(H,14,15). The molecule has 1 N–H and O–H groups in total. The highest BCUT2D eigenvalue weighted by Crippen LogP contribution is 2.31. The van der Waals surface area contributed by atoms with Crippen LogP contribution in [0.2, 0.25) is 0 Å². The summed E-state index contributed by atoms with van der Waals surface area (Å²) in [5.41, 5.74) is 0.934. The highest BCUT2D eigenvalue weighted by atomic mass is 16.2. The summed E-state index contributed by atoms with van der Waals surface area (Å²) in [6, 6.07) is 4.19. The van der Waals surface area contributed by atoms with Gasteiger partial charge in [0.1, 0.15) is 5.82 Å². The topological polar surface area (TPSA) is 48.5 Å². The number of likely N-dealkylation sites (tertiary alicyclic amines) is 1. The zero-order valence-electron chi connectivity index (χ0n) is 10.6. The van der Waals surface area contributed by atoms with Gasteiger partial charge in [-0.1, -0.05) is 0 Å². The van der Waals surface area contributed by atoms with Gasteiger partial charge in [0.25, 0.3) is 0 Å². The Hall–Kier alpha value is -1.62. The maximum Gasteiger partial charge on any atom is 0.246 e. The molecule has 5 nitrogen and oxygen atoms in total. The molecule has 3 heterocycles. The smallest absolute Gasteiger partial charge is 0.246 e. The lowest BCUT2D eigenvalue weighted by Gasteiger charge is -2.39. The normalized spacial score (nSPS) is 21.6. The number of fused-ring (bicyclic) bond motifs is 1. The number of rotatable bonds is 1. The van der Waals surface area contributed by atoms with E-state index in [9.17, 15) is 4.79 Å². The van der Waals surface area contributed by atoms with E-state index in [0.29, 0.717) is 12.6 Å². The molecule has 96 valence electrons. The van der Waals surface area contributed by atoms with Crippen molar-refractivity contribution >= 4 is 17.4 Å². The zero-order chi connectivity index (χ0) is 12.5. The van der Waals surface area contributed by atoms with Gasteiger partial charge in [-0.25, -0.2) is 4.98 Å². The first-order valence-corrected chi connectivity index (χ1v) is 6.45. The predicted octanol–water partition coefficient (Wildman–Crippen LogP) is 0.934. The quantitative estimate of drug-likeness (QED) is 0.801. The molecular formula is C13H18N4O. The van der Waals surface area contributed by atoms with E-state index >= 15 is 0 Å². The molecule has 0 saturated carbocycles. The molecule has 0 atom stereocenters. The van der Waals surface area contributed by atoms with Crippen molar-refractivity contribution in [3.05, 3.63) is 18.3 Å². The molecular weight excluding hydrogens is 228 g/mol. The number of amides is 1. The van der Waals surface area contributed by atoms with Crippen LogP contribution in [-0.4, -0.2) is 48.5 Å². The summed E-state index contributed by atoms with van der Waals surface area (Å²) in [4.78, 5) is 20.7. The number of anilines is 2. The van der Waals surface area contributed by atoms with Gasteiger partial charge in [-0.2, -0.15) is 0 Å². The maximum atomic E-state index is 12.2. The van der Waals surface area contributed by atoms with Crippen LogP contribution in [0.25, 0.3) is 0 Å². The lowest BCUT2D eigenvalue weighted by Crippen LogP contribution is -2.50. The number of nitrogens with zero attached hydrogens (tertiary/aromatic N) is 3.